The first-order chi connectivity index (χ1) is 8.74. The van der Waals surface area contributed by atoms with E-state index in [-0.39, 0.29) is 11.6 Å². The van der Waals surface area contributed by atoms with Crippen molar-refractivity contribution < 1.29 is 13.6 Å². The van der Waals surface area contributed by atoms with Crippen molar-refractivity contribution in [2.75, 3.05) is 30.5 Å². The normalized spacial score (nSPS) is 12.5. The molecule has 0 spiro atoms. The number of sulfone groups is 1. The van der Waals surface area contributed by atoms with E-state index in [1.54, 1.807) is 30.1 Å². The number of nitrogens with two attached hydrogens (primary N) is 1. The van der Waals surface area contributed by atoms with Crippen LogP contribution in [0.4, 0.5) is 5.69 Å². The van der Waals surface area contributed by atoms with Crippen LogP contribution in [0.15, 0.2) is 27.8 Å². The molecule has 0 radical (unpaired) electrons. The smallest absolute Gasteiger partial charge is 0.172 e. The monoisotopic (exact) mass is 349 g/mol. The van der Waals surface area contributed by atoms with Crippen LogP contribution in [0.3, 0.4) is 0 Å². The zero-order chi connectivity index (χ0) is 14.6. The molecule has 0 fully saturated rings. The van der Waals surface area contributed by atoms with E-state index in [4.69, 9.17) is 10.9 Å². The van der Waals surface area contributed by atoms with Crippen molar-refractivity contribution in [1.29, 1.82) is 0 Å². The minimum absolute atomic E-state index is 0.0255. The third-order valence-corrected chi connectivity index (χ3v) is 3.97. The van der Waals surface area contributed by atoms with Crippen LogP contribution in [0.25, 0.3) is 0 Å². The molecule has 0 saturated carbocycles. The Bertz CT molecular complexity index is 587. The molecule has 0 unspecified atom stereocenters. The van der Waals surface area contributed by atoms with Crippen LogP contribution in [0, 0.1) is 0 Å². The van der Waals surface area contributed by atoms with Crippen molar-refractivity contribution >= 4 is 37.3 Å². The fourth-order valence-corrected chi connectivity index (χ4v) is 2.49. The molecule has 1 rings (SSSR count). The van der Waals surface area contributed by atoms with Gasteiger partial charge in [0.15, 0.2) is 5.84 Å². The number of oxime groups is 1. The van der Waals surface area contributed by atoms with Crippen LogP contribution >= 0.6 is 15.9 Å². The number of anilines is 1. The van der Waals surface area contributed by atoms with Crippen molar-refractivity contribution in [3.63, 3.8) is 0 Å². The third-order valence-electron chi connectivity index (χ3n) is 2.55. The molecular weight excluding hydrogens is 334 g/mol. The summed E-state index contributed by atoms with van der Waals surface area (Å²) in [6.07, 6.45) is 1.19. The highest BCUT2D eigenvalue weighted by atomic mass is 79.9. The van der Waals surface area contributed by atoms with Crippen LogP contribution in [0.2, 0.25) is 0 Å². The molecule has 6 nitrogen and oxygen atoms in total. The summed E-state index contributed by atoms with van der Waals surface area (Å²) in [5, 5.41) is 11.8. The Morgan fingerprint density at radius 1 is 1.53 bits per heavy atom. The zero-order valence-corrected chi connectivity index (χ0v) is 13.1. The molecule has 8 heteroatoms. The van der Waals surface area contributed by atoms with E-state index in [9.17, 15) is 8.42 Å². The van der Waals surface area contributed by atoms with Gasteiger partial charge in [0.05, 0.1) is 5.75 Å². The highest BCUT2D eigenvalue weighted by Crippen LogP contribution is 2.23. The number of benzene rings is 1. The van der Waals surface area contributed by atoms with Crippen LogP contribution in [0.5, 0.6) is 0 Å². The second kappa shape index (κ2) is 6.25. The second-order valence-corrected chi connectivity index (χ2v) is 7.37. The molecule has 0 bridgehead atoms. The Hall–Kier alpha value is -1.28. The minimum atomic E-state index is -3.04. The summed E-state index contributed by atoms with van der Waals surface area (Å²) in [6.45, 7) is 0.326. The van der Waals surface area contributed by atoms with Gasteiger partial charge in [0.2, 0.25) is 0 Å². The molecule has 0 saturated heterocycles. The van der Waals surface area contributed by atoms with Crippen molar-refractivity contribution in [3.05, 3.63) is 28.2 Å². The Morgan fingerprint density at radius 2 is 2.16 bits per heavy atom. The van der Waals surface area contributed by atoms with E-state index in [0.29, 0.717) is 17.8 Å². The molecule has 3 N–H and O–H groups in total. The van der Waals surface area contributed by atoms with E-state index < -0.39 is 9.84 Å². The van der Waals surface area contributed by atoms with E-state index in [1.165, 1.54) is 6.26 Å². The number of halogens is 1. The molecule has 19 heavy (non-hydrogen) atoms. The molecule has 0 aliphatic heterocycles. The highest BCUT2D eigenvalue weighted by Gasteiger charge is 2.13. The second-order valence-electron chi connectivity index (χ2n) is 4.20. The summed E-state index contributed by atoms with van der Waals surface area (Å²) in [5.74, 6) is 0.0114. The largest absolute Gasteiger partial charge is 0.409 e. The van der Waals surface area contributed by atoms with Gasteiger partial charge in [-0.25, -0.2) is 8.42 Å². The summed E-state index contributed by atoms with van der Waals surface area (Å²) in [4.78, 5) is 1.75. The first kappa shape index (κ1) is 15.8. The number of rotatable bonds is 5. The van der Waals surface area contributed by atoms with Crippen LogP contribution in [0.1, 0.15) is 5.56 Å². The molecule has 1 aromatic carbocycles. The standard InChI is InChI=1S/C11H16BrN3O3S/c1-15(5-6-19(2,17)18)10-4-3-8(12)7-9(10)11(13)14-16/h3-4,7,16H,5-6H2,1-2H3,(H2,13,14). The molecule has 0 aliphatic rings. The van der Waals surface area contributed by atoms with Crippen LogP contribution in [-0.2, 0) is 9.84 Å². The number of amidine groups is 1. The maximum Gasteiger partial charge on any atom is 0.172 e. The van der Waals surface area contributed by atoms with Crippen LogP contribution in [-0.4, -0.2) is 45.1 Å². The maximum absolute atomic E-state index is 11.2. The highest BCUT2D eigenvalue weighted by molar-refractivity contribution is 9.10. The average Bonchev–Trinajstić information content (AvgIpc) is 2.34. The third kappa shape index (κ3) is 4.71. The first-order valence-electron chi connectivity index (χ1n) is 5.41. The van der Waals surface area contributed by atoms with Gasteiger partial charge < -0.3 is 15.8 Å². The molecule has 0 aliphatic carbocycles. The van der Waals surface area contributed by atoms with Gasteiger partial charge in [0.1, 0.15) is 9.84 Å². The molecule has 106 valence electrons. The number of hydrogen-bond donors (Lipinski definition) is 2. The van der Waals surface area contributed by atoms with Crippen molar-refractivity contribution in [1.82, 2.24) is 0 Å². The van der Waals surface area contributed by atoms with Gasteiger partial charge in [0, 0.05) is 35.6 Å². The topological polar surface area (TPSA) is 96.0 Å². The Kier molecular flexibility index (Phi) is 5.19. The quantitative estimate of drug-likeness (QED) is 0.358. The van der Waals surface area contributed by atoms with Gasteiger partial charge in [-0.1, -0.05) is 21.1 Å². The Balaban J connectivity index is 3.06. The summed E-state index contributed by atoms with van der Waals surface area (Å²) >= 11 is 3.31. The predicted octanol–water partition coefficient (Wildman–Crippen LogP) is 1.02. The lowest BCUT2D eigenvalue weighted by Crippen LogP contribution is -2.27. The van der Waals surface area contributed by atoms with Crippen molar-refractivity contribution in [3.8, 4) is 0 Å². The summed E-state index contributed by atoms with van der Waals surface area (Å²) in [6, 6.07) is 5.29. The molecule has 0 atom stereocenters. The molecule has 1 aromatic rings. The molecule has 0 amide bonds. The van der Waals surface area contributed by atoms with Gasteiger partial charge in [-0.05, 0) is 18.2 Å². The first-order valence-corrected chi connectivity index (χ1v) is 8.26. The summed E-state index contributed by atoms with van der Waals surface area (Å²) in [5.41, 5.74) is 6.85. The Morgan fingerprint density at radius 3 is 2.68 bits per heavy atom. The number of nitrogens with zero attached hydrogens (tertiary/aromatic N) is 2. The molecule has 0 aromatic heterocycles. The van der Waals surface area contributed by atoms with Gasteiger partial charge in [-0.3, -0.25) is 0 Å². The van der Waals surface area contributed by atoms with Crippen LogP contribution < -0.4 is 10.6 Å². The van der Waals surface area contributed by atoms with E-state index in [1.807, 2.05) is 0 Å². The fraction of sp³-hybridized carbons (Fsp3) is 0.364. The predicted molar refractivity (Wildman–Crippen MR) is 79.6 cm³/mol. The van der Waals surface area contributed by atoms with Crippen molar-refractivity contribution in [2.24, 2.45) is 10.9 Å². The lowest BCUT2D eigenvalue weighted by molar-refractivity contribution is 0.318. The lowest BCUT2D eigenvalue weighted by Gasteiger charge is -2.21. The van der Waals surface area contributed by atoms with E-state index in [0.717, 1.165) is 4.47 Å². The van der Waals surface area contributed by atoms with Crippen molar-refractivity contribution in [2.45, 2.75) is 0 Å². The van der Waals surface area contributed by atoms with Gasteiger partial charge in [-0.15, -0.1) is 0 Å². The lowest BCUT2D eigenvalue weighted by atomic mass is 10.1. The number of hydrogen-bond acceptors (Lipinski definition) is 5. The Labute approximate surface area is 120 Å². The fourth-order valence-electron chi connectivity index (χ4n) is 1.52. The minimum Gasteiger partial charge on any atom is -0.409 e. The summed E-state index contributed by atoms with van der Waals surface area (Å²) < 4.78 is 23.1. The SMILES string of the molecule is CN(CCS(C)(=O)=O)c1ccc(Br)cc1/C(N)=N/O. The van der Waals surface area contributed by atoms with Gasteiger partial charge in [-0.2, -0.15) is 0 Å². The zero-order valence-electron chi connectivity index (χ0n) is 10.7. The van der Waals surface area contributed by atoms with E-state index in [2.05, 4.69) is 21.1 Å². The molecular formula is C11H16BrN3O3S. The molecule has 0 heterocycles. The van der Waals surface area contributed by atoms with E-state index >= 15 is 0 Å². The average molecular weight is 350 g/mol. The summed E-state index contributed by atoms with van der Waals surface area (Å²) in [7, 11) is -1.28. The van der Waals surface area contributed by atoms with Gasteiger partial charge >= 0.3 is 0 Å². The maximum atomic E-state index is 11.2. The van der Waals surface area contributed by atoms with Gasteiger partial charge in [0.25, 0.3) is 0 Å².